The highest BCUT2D eigenvalue weighted by molar-refractivity contribution is 7.85. The number of rotatable bonds is 7. The zero-order valence-corrected chi connectivity index (χ0v) is 17.8. The zero-order valence-electron chi connectivity index (χ0n) is 17.0. The van der Waals surface area contributed by atoms with E-state index < -0.39 is 10.8 Å². The fourth-order valence-electron chi connectivity index (χ4n) is 4.11. The lowest BCUT2D eigenvalue weighted by molar-refractivity contribution is -0.0679. The Balaban J connectivity index is 1.67. The third kappa shape index (κ3) is 7.16. The summed E-state index contributed by atoms with van der Waals surface area (Å²) in [7, 11) is 1.14. The van der Waals surface area contributed by atoms with E-state index in [0.29, 0.717) is 23.5 Å². The minimum Gasteiger partial charge on any atom is -0.373 e. The highest BCUT2D eigenvalue weighted by atomic mass is 32.2. The van der Waals surface area contributed by atoms with Crippen molar-refractivity contribution in [2.75, 3.05) is 39.0 Å². The molecule has 152 valence electrons. The van der Waals surface area contributed by atoms with Crippen molar-refractivity contribution in [3.8, 4) is 0 Å². The first-order valence-electron chi connectivity index (χ1n) is 10.2. The molecule has 1 saturated heterocycles. The third-order valence-electron chi connectivity index (χ3n) is 5.29. The summed E-state index contributed by atoms with van der Waals surface area (Å²) in [6.45, 7) is 10.4. The van der Waals surface area contributed by atoms with Crippen molar-refractivity contribution in [2.45, 2.75) is 76.4 Å². The van der Waals surface area contributed by atoms with Gasteiger partial charge in [-0.05, 0) is 39.5 Å². The van der Waals surface area contributed by atoms with E-state index in [2.05, 4.69) is 34.4 Å². The summed E-state index contributed by atoms with van der Waals surface area (Å²) in [6, 6.07) is 0.386. The Hall–Kier alpha value is -0.660. The molecule has 6 nitrogen and oxygen atoms in total. The van der Waals surface area contributed by atoms with Crippen molar-refractivity contribution in [1.29, 1.82) is 0 Å². The Bertz CT molecular complexity index is 464. The number of guanidine groups is 1. The van der Waals surface area contributed by atoms with Crippen LogP contribution in [0.4, 0.5) is 0 Å². The number of ether oxygens (including phenoxy) is 1. The monoisotopic (exact) mass is 386 g/mol. The number of nitrogens with zero attached hydrogens (tertiary/aromatic N) is 2. The molecule has 2 aliphatic rings. The van der Waals surface area contributed by atoms with Crippen LogP contribution in [0, 0.1) is 0 Å². The summed E-state index contributed by atoms with van der Waals surface area (Å²) in [5, 5.41) is 7.32. The van der Waals surface area contributed by atoms with Crippen molar-refractivity contribution in [3.63, 3.8) is 0 Å². The van der Waals surface area contributed by atoms with Crippen molar-refractivity contribution in [3.05, 3.63) is 0 Å². The summed E-state index contributed by atoms with van der Waals surface area (Å²) >= 11 is 0. The van der Waals surface area contributed by atoms with Crippen LogP contribution >= 0.6 is 0 Å². The molecule has 5 unspecified atom stereocenters. The molecule has 26 heavy (non-hydrogen) atoms. The van der Waals surface area contributed by atoms with Gasteiger partial charge in [-0.2, -0.15) is 0 Å². The highest BCUT2D eigenvalue weighted by Crippen LogP contribution is 2.22. The molecule has 0 radical (unpaired) electrons. The van der Waals surface area contributed by atoms with Gasteiger partial charge >= 0.3 is 0 Å². The quantitative estimate of drug-likeness (QED) is 0.396. The molecule has 0 aromatic heterocycles. The molecule has 0 aromatic carbocycles. The first-order valence-corrected chi connectivity index (χ1v) is 11.6. The summed E-state index contributed by atoms with van der Waals surface area (Å²) in [5.41, 5.74) is 0. The van der Waals surface area contributed by atoms with Crippen LogP contribution in [0.15, 0.2) is 4.99 Å². The van der Waals surface area contributed by atoms with E-state index in [1.807, 2.05) is 14.0 Å². The summed E-state index contributed by atoms with van der Waals surface area (Å²) in [4.78, 5) is 6.85. The predicted octanol–water partition coefficient (Wildman–Crippen LogP) is 1.73. The fourth-order valence-corrected chi connectivity index (χ4v) is 5.46. The van der Waals surface area contributed by atoms with E-state index in [-0.39, 0.29) is 0 Å². The van der Waals surface area contributed by atoms with E-state index in [9.17, 15) is 4.21 Å². The van der Waals surface area contributed by atoms with Crippen LogP contribution in [0.2, 0.25) is 0 Å². The van der Waals surface area contributed by atoms with Crippen molar-refractivity contribution < 1.29 is 8.95 Å². The van der Waals surface area contributed by atoms with Gasteiger partial charge in [0.05, 0.1) is 12.2 Å². The van der Waals surface area contributed by atoms with Gasteiger partial charge in [0.25, 0.3) is 0 Å². The maximum absolute atomic E-state index is 12.1. The molecule has 2 fully saturated rings. The van der Waals surface area contributed by atoms with Gasteiger partial charge in [-0.1, -0.05) is 13.3 Å². The number of hydrogen-bond acceptors (Lipinski definition) is 4. The number of hydrogen-bond donors (Lipinski definition) is 2. The molecular formula is C19H38N4O2S. The minimum absolute atomic E-state index is 0.328. The van der Waals surface area contributed by atoms with E-state index in [1.54, 1.807) is 0 Å². The van der Waals surface area contributed by atoms with Gasteiger partial charge in [0, 0.05) is 61.1 Å². The van der Waals surface area contributed by atoms with E-state index in [1.165, 1.54) is 0 Å². The first-order chi connectivity index (χ1) is 12.5. The van der Waals surface area contributed by atoms with E-state index >= 15 is 0 Å². The van der Waals surface area contributed by atoms with Crippen LogP contribution in [0.1, 0.15) is 52.9 Å². The lowest BCUT2D eigenvalue weighted by atomic mass is 9.95. The lowest BCUT2D eigenvalue weighted by Gasteiger charge is -2.35. The molecule has 0 aromatic rings. The van der Waals surface area contributed by atoms with E-state index in [0.717, 1.165) is 70.0 Å². The van der Waals surface area contributed by atoms with Crippen molar-refractivity contribution >= 4 is 16.8 Å². The van der Waals surface area contributed by atoms with Crippen LogP contribution < -0.4 is 10.6 Å². The predicted molar refractivity (Wildman–Crippen MR) is 110 cm³/mol. The third-order valence-corrected chi connectivity index (χ3v) is 7.03. The average molecular weight is 387 g/mol. The second-order valence-electron chi connectivity index (χ2n) is 7.67. The average Bonchev–Trinajstić information content (AvgIpc) is 2.63. The van der Waals surface area contributed by atoms with Gasteiger partial charge in [-0.3, -0.25) is 14.1 Å². The Labute approximate surface area is 162 Å². The minimum atomic E-state index is -0.683. The lowest BCUT2D eigenvalue weighted by Crippen LogP contribution is -2.48. The van der Waals surface area contributed by atoms with Crippen LogP contribution in [0.25, 0.3) is 0 Å². The largest absolute Gasteiger partial charge is 0.373 e. The summed E-state index contributed by atoms with van der Waals surface area (Å²) in [6.07, 6.45) is 6.13. The maximum atomic E-state index is 12.1. The molecule has 2 N–H and O–H groups in total. The highest BCUT2D eigenvalue weighted by Gasteiger charge is 2.26. The molecule has 1 aliphatic carbocycles. The van der Waals surface area contributed by atoms with Gasteiger partial charge in [-0.15, -0.1) is 0 Å². The van der Waals surface area contributed by atoms with Gasteiger partial charge < -0.3 is 15.4 Å². The van der Waals surface area contributed by atoms with E-state index in [4.69, 9.17) is 4.74 Å². The molecule has 1 saturated carbocycles. The smallest absolute Gasteiger partial charge is 0.191 e. The van der Waals surface area contributed by atoms with Crippen LogP contribution in [-0.2, 0) is 15.5 Å². The van der Waals surface area contributed by atoms with Crippen molar-refractivity contribution in [2.24, 2.45) is 4.99 Å². The normalized spacial score (nSPS) is 32.2. The van der Waals surface area contributed by atoms with Crippen LogP contribution in [0.5, 0.6) is 0 Å². The zero-order chi connectivity index (χ0) is 18.9. The molecule has 1 heterocycles. The first kappa shape index (κ1) is 21.6. The van der Waals surface area contributed by atoms with Gasteiger partial charge in [0.15, 0.2) is 5.96 Å². The second-order valence-corrected chi connectivity index (χ2v) is 9.67. The number of aliphatic imine (C=N–C) groups is 1. The summed E-state index contributed by atoms with van der Waals surface area (Å²) in [5.74, 6) is 1.64. The molecule has 7 heteroatoms. The molecule has 1 aliphatic heterocycles. The molecular weight excluding hydrogens is 348 g/mol. The van der Waals surface area contributed by atoms with Gasteiger partial charge in [0.1, 0.15) is 0 Å². The number of morpholine rings is 1. The Morgan fingerprint density at radius 3 is 2.65 bits per heavy atom. The van der Waals surface area contributed by atoms with Gasteiger partial charge in [-0.25, -0.2) is 0 Å². The fraction of sp³-hybridized carbons (Fsp3) is 0.947. The standard InChI is InChI=1S/C19H38N4O2S/c1-5-26(24)18-9-6-8-17(12-18)22-19(20-4)21-10-7-11-23-13-15(2)25-16(3)14-23/h15-18H,5-14H2,1-4H3,(H2,20,21,22). The van der Waals surface area contributed by atoms with Crippen LogP contribution in [0.3, 0.4) is 0 Å². The molecule has 0 bridgehead atoms. The van der Waals surface area contributed by atoms with Crippen LogP contribution in [-0.4, -0.2) is 77.5 Å². The molecule has 0 amide bonds. The SMILES string of the molecule is CCS(=O)C1CCCC(NC(=NC)NCCCN2CC(C)OC(C)C2)C1. The summed E-state index contributed by atoms with van der Waals surface area (Å²) < 4.78 is 17.9. The van der Waals surface area contributed by atoms with Crippen molar-refractivity contribution in [1.82, 2.24) is 15.5 Å². The Kier molecular flexibility index (Phi) is 9.36. The Morgan fingerprint density at radius 2 is 2.00 bits per heavy atom. The second kappa shape index (κ2) is 11.2. The van der Waals surface area contributed by atoms with Gasteiger partial charge in [0.2, 0.25) is 0 Å². The molecule has 0 spiro atoms. The molecule has 2 rings (SSSR count). The number of nitrogens with one attached hydrogen (secondary N) is 2. The Morgan fingerprint density at radius 1 is 1.27 bits per heavy atom. The maximum Gasteiger partial charge on any atom is 0.191 e. The molecule has 5 atom stereocenters. The topological polar surface area (TPSA) is 66.0 Å².